The van der Waals surface area contributed by atoms with Crippen LogP contribution in [-0.4, -0.2) is 34.5 Å². The Morgan fingerprint density at radius 3 is 2.57 bits per heavy atom. The van der Waals surface area contributed by atoms with E-state index < -0.39 is 0 Å². The number of aliphatic hydroxyl groups is 1. The lowest BCUT2D eigenvalue weighted by atomic mass is 9.81. The maximum atomic E-state index is 10.1. The molecule has 3 aromatic rings. The lowest BCUT2D eigenvalue weighted by molar-refractivity contribution is -0.0250. The minimum absolute atomic E-state index is 0.153. The van der Waals surface area contributed by atoms with Crippen molar-refractivity contribution < 1.29 is 14.6 Å². The second-order valence-corrected chi connectivity index (χ2v) is 7.42. The van der Waals surface area contributed by atoms with Crippen LogP contribution >= 0.6 is 0 Å². The van der Waals surface area contributed by atoms with Crippen molar-refractivity contribution >= 4 is 0 Å². The van der Waals surface area contributed by atoms with Crippen molar-refractivity contribution in [3.8, 4) is 17.1 Å². The summed E-state index contributed by atoms with van der Waals surface area (Å²) in [6, 6.07) is 18.1. The van der Waals surface area contributed by atoms with Crippen LogP contribution in [0.25, 0.3) is 11.4 Å². The van der Waals surface area contributed by atoms with Gasteiger partial charge in [0.1, 0.15) is 18.2 Å². The smallest absolute Gasteiger partial charge is 0.143 e. The summed E-state index contributed by atoms with van der Waals surface area (Å²) >= 11 is 0. The summed E-state index contributed by atoms with van der Waals surface area (Å²) in [5.74, 6) is 1.67. The van der Waals surface area contributed by atoms with Crippen molar-refractivity contribution in [2.24, 2.45) is 5.41 Å². The Bertz CT molecular complexity index is 886. The summed E-state index contributed by atoms with van der Waals surface area (Å²) in [4.78, 5) is 4.60. The van der Waals surface area contributed by atoms with Crippen LogP contribution in [0.4, 0.5) is 0 Å². The van der Waals surface area contributed by atoms with E-state index >= 15 is 0 Å². The molecule has 0 saturated carbocycles. The van der Waals surface area contributed by atoms with E-state index in [-0.39, 0.29) is 12.0 Å². The summed E-state index contributed by atoms with van der Waals surface area (Å²) in [6.07, 6.45) is 5.50. The molecular weight excluding hydrogens is 352 g/mol. The van der Waals surface area contributed by atoms with Gasteiger partial charge in [-0.2, -0.15) is 0 Å². The number of hydrogen-bond acceptors (Lipinski definition) is 4. The molecule has 1 N–H and O–H groups in total. The summed E-state index contributed by atoms with van der Waals surface area (Å²) in [5.41, 5.74) is 1.93. The first-order chi connectivity index (χ1) is 13.8. The summed E-state index contributed by atoms with van der Waals surface area (Å²) in [6.45, 7) is 2.77. The van der Waals surface area contributed by atoms with Gasteiger partial charge in [-0.3, -0.25) is 0 Å². The van der Waals surface area contributed by atoms with Crippen molar-refractivity contribution in [1.29, 1.82) is 0 Å². The Labute approximate surface area is 165 Å². The van der Waals surface area contributed by atoms with E-state index in [1.54, 1.807) is 0 Å². The van der Waals surface area contributed by atoms with Crippen LogP contribution in [0.1, 0.15) is 18.4 Å². The summed E-state index contributed by atoms with van der Waals surface area (Å²) in [5, 5.41) is 10.1. The zero-order chi connectivity index (χ0) is 19.2. The van der Waals surface area contributed by atoms with Crippen LogP contribution in [0.5, 0.6) is 5.75 Å². The minimum Gasteiger partial charge on any atom is -0.488 e. The van der Waals surface area contributed by atoms with Crippen molar-refractivity contribution in [1.82, 2.24) is 9.55 Å². The molecule has 2 heterocycles. The van der Waals surface area contributed by atoms with Gasteiger partial charge in [0.25, 0.3) is 0 Å². The highest BCUT2D eigenvalue weighted by Crippen LogP contribution is 2.35. The molecule has 0 bridgehead atoms. The van der Waals surface area contributed by atoms with Crippen molar-refractivity contribution in [2.75, 3.05) is 19.8 Å². The van der Waals surface area contributed by atoms with E-state index in [0.29, 0.717) is 19.8 Å². The van der Waals surface area contributed by atoms with Gasteiger partial charge in [0.2, 0.25) is 0 Å². The molecule has 2 aromatic carbocycles. The standard InChI is InChI=1S/C23H26N2O3/c26-18-23(10-14-27-15-11-23)17-25-13-12-24-22(25)20-8-4-5-9-21(20)28-16-19-6-2-1-3-7-19/h1-9,12-13,26H,10-11,14-18H2. The van der Waals surface area contributed by atoms with E-state index in [0.717, 1.165) is 42.1 Å². The van der Waals surface area contributed by atoms with Gasteiger partial charge in [-0.15, -0.1) is 0 Å². The molecular formula is C23H26N2O3. The van der Waals surface area contributed by atoms with E-state index in [4.69, 9.17) is 9.47 Å². The van der Waals surface area contributed by atoms with Crippen LogP contribution in [-0.2, 0) is 17.9 Å². The lowest BCUT2D eigenvalue weighted by Gasteiger charge is -2.36. The first-order valence-corrected chi connectivity index (χ1v) is 9.76. The fourth-order valence-corrected chi connectivity index (χ4v) is 3.73. The molecule has 1 aromatic heterocycles. The Hall–Kier alpha value is -2.63. The molecule has 0 amide bonds. The SMILES string of the molecule is OCC1(Cn2ccnc2-c2ccccc2OCc2ccccc2)CCOCC1. The number of rotatable bonds is 7. The van der Waals surface area contributed by atoms with Gasteiger partial charge in [-0.1, -0.05) is 42.5 Å². The van der Waals surface area contributed by atoms with Gasteiger partial charge in [0, 0.05) is 37.6 Å². The summed E-state index contributed by atoms with van der Waals surface area (Å²) < 4.78 is 13.7. The Morgan fingerprint density at radius 2 is 1.79 bits per heavy atom. The molecule has 146 valence electrons. The number of hydrogen-bond donors (Lipinski definition) is 1. The summed E-state index contributed by atoms with van der Waals surface area (Å²) in [7, 11) is 0. The van der Waals surface area contributed by atoms with Crippen molar-refractivity contribution in [2.45, 2.75) is 26.0 Å². The maximum Gasteiger partial charge on any atom is 0.143 e. The van der Waals surface area contributed by atoms with E-state index in [2.05, 4.69) is 21.7 Å². The monoisotopic (exact) mass is 378 g/mol. The average Bonchev–Trinajstić information content (AvgIpc) is 3.21. The molecule has 28 heavy (non-hydrogen) atoms. The largest absolute Gasteiger partial charge is 0.488 e. The third-order valence-corrected chi connectivity index (χ3v) is 5.48. The zero-order valence-electron chi connectivity index (χ0n) is 16.0. The molecule has 0 spiro atoms. The first-order valence-electron chi connectivity index (χ1n) is 9.76. The highest BCUT2D eigenvalue weighted by molar-refractivity contribution is 5.64. The molecule has 0 atom stereocenters. The van der Waals surface area contributed by atoms with E-state index in [1.807, 2.05) is 54.9 Å². The highest BCUT2D eigenvalue weighted by atomic mass is 16.5. The van der Waals surface area contributed by atoms with Gasteiger partial charge in [0.05, 0.1) is 12.2 Å². The van der Waals surface area contributed by atoms with Crippen LogP contribution < -0.4 is 4.74 Å². The first kappa shape index (κ1) is 18.7. The van der Waals surface area contributed by atoms with Gasteiger partial charge in [-0.05, 0) is 30.5 Å². The topological polar surface area (TPSA) is 56.5 Å². The maximum absolute atomic E-state index is 10.1. The van der Waals surface area contributed by atoms with E-state index in [1.165, 1.54) is 0 Å². The van der Waals surface area contributed by atoms with Crippen LogP contribution in [0.2, 0.25) is 0 Å². The minimum atomic E-state index is -0.159. The number of aliphatic hydroxyl groups excluding tert-OH is 1. The number of nitrogens with zero attached hydrogens (tertiary/aromatic N) is 2. The van der Waals surface area contributed by atoms with Gasteiger partial charge in [-0.25, -0.2) is 4.98 Å². The normalized spacial score (nSPS) is 16.0. The number of ether oxygens (including phenoxy) is 2. The van der Waals surface area contributed by atoms with Gasteiger partial charge >= 0.3 is 0 Å². The Balaban J connectivity index is 1.58. The zero-order valence-corrected chi connectivity index (χ0v) is 16.0. The van der Waals surface area contributed by atoms with Crippen molar-refractivity contribution in [3.63, 3.8) is 0 Å². The highest BCUT2D eigenvalue weighted by Gasteiger charge is 2.33. The molecule has 0 aliphatic carbocycles. The molecule has 0 radical (unpaired) electrons. The molecule has 1 aliphatic heterocycles. The third-order valence-electron chi connectivity index (χ3n) is 5.48. The fraction of sp³-hybridized carbons (Fsp3) is 0.348. The number of aromatic nitrogens is 2. The number of imidazole rings is 1. The van der Waals surface area contributed by atoms with Crippen LogP contribution in [0, 0.1) is 5.41 Å². The van der Waals surface area contributed by atoms with E-state index in [9.17, 15) is 5.11 Å². The van der Waals surface area contributed by atoms with Gasteiger partial charge < -0.3 is 19.1 Å². The Kier molecular flexibility index (Phi) is 5.74. The lowest BCUT2D eigenvalue weighted by Crippen LogP contribution is -2.37. The fourth-order valence-electron chi connectivity index (χ4n) is 3.73. The van der Waals surface area contributed by atoms with Gasteiger partial charge in [0.15, 0.2) is 0 Å². The Morgan fingerprint density at radius 1 is 1.04 bits per heavy atom. The average molecular weight is 378 g/mol. The molecule has 4 rings (SSSR count). The molecule has 1 saturated heterocycles. The molecule has 1 fully saturated rings. The van der Waals surface area contributed by atoms with Crippen LogP contribution in [0.3, 0.4) is 0 Å². The quantitative estimate of drug-likeness (QED) is 0.677. The predicted octanol–water partition coefficient (Wildman–Crippen LogP) is 3.92. The number of para-hydroxylation sites is 1. The second-order valence-electron chi connectivity index (χ2n) is 7.42. The van der Waals surface area contributed by atoms with Crippen LogP contribution in [0.15, 0.2) is 67.0 Å². The predicted molar refractivity (Wildman–Crippen MR) is 108 cm³/mol. The molecule has 5 nitrogen and oxygen atoms in total. The third kappa shape index (κ3) is 4.11. The molecule has 1 aliphatic rings. The molecule has 0 unspecified atom stereocenters. The van der Waals surface area contributed by atoms with Crippen molar-refractivity contribution in [3.05, 3.63) is 72.6 Å². The molecule has 5 heteroatoms. The second kappa shape index (κ2) is 8.59. The number of benzene rings is 2.